The molecule has 2 unspecified atom stereocenters. The van der Waals surface area contributed by atoms with E-state index in [1.54, 1.807) is 36.1 Å². The summed E-state index contributed by atoms with van der Waals surface area (Å²) in [4.78, 5) is 41.3. The maximum Gasteiger partial charge on any atom is 0.325 e. The van der Waals surface area contributed by atoms with Gasteiger partial charge in [-0.3, -0.25) is 14.5 Å². The van der Waals surface area contributed by atoms with Crippen LogP contribution in [-0.2, 0) is 15.1 Å². The molecule has 2 aliphatic rings. The summed E-state index contributed by atoms with van der Waals surface area (Å²) in [6.07, 6.45) is 3.21. The van der Waals surface area contributed by atoms with E-state index < -0.39 is 17.5 Å². The Labute approximate surface area is 182 Å². The molecular formula is C23H31N3O5. The van der Waals surface area contributed by atoms with Crippen LogP contribution in [0.25, 0.3) is 0 Å². The molecule has 2 aliphatic heterocycles. The van der Waals surface area contributed by atoms with Crippen molar-refractivity contribution >= 4 is 17.8 Å². The average molecular weight is 430 g/mol. The number of carbonyl (C=O) groups is 3. The molecule has 0 bridgehead atoms. The van der Waals surface area contributed by atoms with Crippen LogP contribution in [0, 0.1) is 0 Å². The maximum atomic E-state index is 13.2. The van der Waals surface area contributed by atoms with Gasteiger partial charge in [-0.25, -0.2) is 4.79 Å². The molecular weight excluding hydrogens is 398 g/mol. The molecule has 2 heterocycles. The Kier molecular flexibility index (Phi) is 7.00. The van der Waals surface area contributed by atoms with Gasteiger partial charge in [-0.15, -0.1) is 0 Å². The number of piperidine rings is 1. The molecule has 1 aromatic rings. The number of amides is 4. The SMILES string of the molecule is C=C(C)COc1ccc(C2(C)NC(=O)N(CC(=O)N3CCCCC3CCO)C2=O)cc1. The molecule has 168 valence electrons. The van der Waals surface area contributed by atoms with Crippen LogP contribution in [0.3, 0.4) is 0 Å². The standard InChI is InChI=1S/C23H31N3O5/c1-16(2)15-31-19-9-7-17(8-10-19)23(3)21(29)26(22(30)24-23)14-20(28)25-12-5-4-6-18(25)11-13-27/h7-10,18,27H,1,4-6,11-15H2,2-3H3,(H,24,30). The number of hydrogen-bond acceptors (Lipinski definition) is 5. The number of aliphatic hydroxyl groups is 1. The van der Waals surface area contributed by atoms with E-state index >= 15 is 0 Å². The first kappa shape index (κ1) is 22.8. The second-order valence-corrected chi connectivity index (χ2v) is 8.47. The van der Waals surface area contributed by atoms with Crippen LogP contribution >= 0.6 is 0 Å². The molecule has 0 aromatic heterocycles. The highest BCUT2D eigenvalue weighted by Gasteiger charge is 2.50. The average Bonchev–Trinajstić information content (AvgIpc) is 2.97. The number of urea groups is 1. The van der Waals surface area contributed by atoms with Crippen LogP contribution in [0.2, 0.25) is 0 Å². The van der Waals surface area contributed by atoms with Gasteiger partial charge in [-0.2, -0.15) is 0 Å². The third-order valence-corrected chi connectivity index (χ3v) is 5.90. The summed E-state index contributed by atoms with van der Waals surface area (Å²) >= 11 is 0. The predicted octanol–water partition coefficient (Wildman–Crippen LogP) is 2.17. The van der Waals surface area contributed by atoms with Crippen molar-refractivity contribution < 1.29 is 24.2 Å². The monoisotopic (exact) mass is 429 g/mol. The highest BCUT2D eigenvalue weighted by Crippen LogP contribution is 2.30. The molecule has 0 aliphatic carbocycles. The second-order valence-electron chi connectivity index (χ2n) is 8.47. The lowest BCUT2D eigenvalue weighted by Gasteiger charge is -2.36. The number of hydrogen-bond donors (Lipinski definition) is 2. The predicted molar refractivity (Wildman–Crippen MR) is 115 cm³/mol. The van der Waals surface area contributed by atoms with Gasteiger partial charge in [0.05, 0.1) is 0 Å². The third-order valence-electron chi connectivity index (χ3n) is 5.90. The maximum absolute atomic E-state index is 13.2. The van der Waals surface area contributed by atoms with Crippen molar-refractivity contribution in [3.8, 4) is 5.75 Å². The van der Waals surface area contributed by atoms with Crippen molar-refractivity contribution in [3.05, 3.63) is 42.0 Å². The van der Waals surface area contributed by atoms with E-state index in [9.17, 15) is 19.5 Å². The first-order valence-electron chi connectivity index (χ1n) is 10.7. The number of nitrogens with zero attached hydrogens (tertiary/aromatic N) is 2. The lowest BCUT2D eigenvalue weighted by Crippen LogP contribution is -2.50. The first-order valence-corrected chi connectivity index (χ1v) is 10.7. The molecule has 1 aromatic carbocycles. The Hall–Kier alpha value is -2.87. The van der Waals surface area contributed by atoms with Crippen molar-refractivity contribution in [2.24, 2.45) is 0 Å². The molecule has 2 saturated heterocycles. The van der Waals surface area contributed by atoms with E-state index in [0.29, 0.717) is 30.9 Å². The van der Waals surface area contributed by atoms with Gasteiger partial charge in [-0.05, 0) is 62.8 Å². The van der Waals surface area contributed by atoms with E-state index in [1.807, 2.05) is 6.92 Å². The minimum absolute atomic E-state index is 0.00171. The zero-order valence-electron chi connectivity index (χ0n) is 18.2. The summed E-state index contributed by atoms with van der Waals surface area (Å²) in [6, 6.07) is 6.32. The normalized spacial score (nSPS) is 23.6. The fourth-order valence-electron chi connectivity index (χ4n) is 4.13. The van der Waals surface area contributed by atoms with Gasteiger partial charge >= 0.3 is 6.03 Å². The summed E-state index contributed by atoms with van der Waals surface area (Å²) in [5.41, 5.74) is 0.250. The van der Waals surface area contributed by atoms with Gasteiger partial charge in [0.15, 0.2) is 0 Å². The van der Waals surface area contributed by atoms with Crippen molar-refractivity contribution in [3.63, 3.8) is 0 Å². The minimum atomic E-state index is -1.25. The van der Waals surface area contributed by atoms with Crippen LogP contribution in [0.4, 0.5) is 4.79 Å². The molecule has 0 spiro atoms. The highest BCUT2D eigenvalue weighted by atomic mass is 16.5. The number of imide groups is 1. The van der Waals surface area contributed by atoms with Crippen LogP contribution in [0.1, 0.15) is 45.1 Å². The Bertz CT molecular complexity index is 851. The van der Waals surface area contributed by atoms with Gasteiger partial charge in [0, 0.05) is 19.2 Å². The largest absolute Gasteiger partial charge is 0.489 e. The third kappa shape index (κ3) is 4.90. The molecule has 2 atom stereocenters. The number of aliphatic hydroxyl groups excluding tert-OH is 1. The second kappa shape index (κ2) is 9.51. The number of carbonyl (C=O) groups excluding carboxylic acids is 3. The Morgan fingerprint density at radius 3 is 2.65 bits per heavy atom. The number of ether oxygens (including phenoxy) is 1. The topological polar surface area (TPSA) is 99.2 Å². The number of benzene rings is 1. The summed E-state index contributed by atoms with van der Waals surface area (Å²) in [5.74, 6) is -0.0919. The lowest BCUT2D eigenvalue weighted by atomic mass is 9.92. The zero-order chi connectivity index (χ0) is 22.6. The molecule has 0 radical (unpaired) electrons. The van der Waals surface area contributed by atoms with Crippen molar-refractivity contribution in [2.75, 3.05) is 26.3 Å². The molecule has 8 nitrogen and oxygen atoms in total. The van der Waals surface area contributed by atoms with Crippen LogP contribution in [-0.4, -0.2) is 65.1 Å². The Morgan fingerprint density at radius 1 is 1.29 bits per heavy atom. The Balaban J connectivity index is 1.70. The van der Waals surface area contributed by atoms with E-state index in [4.69, 9.17) is 4.74 Å². The number of likely N-dealkylation sites (tertiary alicyclic amines) is 1. The molecule has 8 heteroatoms. The summed E-state index contributed by atoms with van der Waals surface area (Å²) in [6.45, 7) is 7.98. The first-order chi connectivity index (χ1) is 14.8. The van der Waals surface area contributed by atoms with Gasteiger partial charge in [0.2, 0.25) is 5.91 Å². The van der Waals surface area contributed by atoms with Crippen LogP contribution in [0.15, 0.2) is 36.4 Å². The molecule has 3 rings (SSSR count). The molecule has 2 fully saturated rings. The van der Waals surface area contributed by atoms with Crippen molar-refractivity contribution in [2.45, 2.75) is 51.1 Å². The van der Waals surface area contributed by atoms with Gasteiger partial charge in [0.1, 0.15) is 24.4 Å². The van der Waals surface area contributed by atoms with Crippen molar-refractivity contribution in [1.82, 2.24) is 15.1 Å². The highest BCUT2D eigenvalue weighted by molar-refractivity contribution is 6.09. The fourth-order valence-corrected chi connectivity index (χ4v) is 4.13. The molecule has 2 N–H and O–H groups in total. The summed E-state index contributed by atoms with van der Waals surface area (Å²) in [5, 5.41) is 12.0. The number of rotatable bonds is 8. The summed E-state index contributed by atoms with van der Waals surface area (Å²) in [7, 11) is 0. The Morgan fingerprint density at radius 2 is 2.00 bits per heavy atom. The quantitative estimate of drug-likeness (QED) is 0.487. The molecule has 31 heavy (non-hydrogen) atoms. The van der Waals surface area contributed by atoms with Crippen LogP contribution < -0.4 is 10.1 Å². The smallest absolute Gasteiger partial charge is 0.325 e. The van der Waals surface area contributed by atoms with E-state index in [1.165, 1.54) is 0 Å². The lowest BCUT2D eigenvalue weighted by molar-refractivity contribution is -0.141. The van der Waals surface area contributed by atoms with Gasteiger partial charge < -0.3 is 20.1 Å². The van der Waals surface area contributed by atoms with Gasteiger partial charge in [0.25, 0.3) is 5.91 Å². The molecule has 0 saturated carbocycles. The van der Waals surface area contributed by atoms with E-state index in [2.05, 4.69) is 11.9 Å². The fraction of sp³-hybridized carbons (Fsp3) is 0.522. The molecule has 4 amide bonds. The van der Waals surface area contributed by atoms with E-state index in [0.717, 1.165) is 29.7 Å². The van der Waals surface area contributed by atoms with Crippen molar-refractivity contribution in [1.29, 1.82) is 0 Å². The number of nitrogens with one attached hydrogen (secondary N) is 1. The van der Waals surface area contributed by atoms with E-state index in [-0.39, 0.29) is 25.1 Å². The van der Waals surface area contributed by atoms with Gasteiger partial charge in [-0.1, -0.05) is 18.7 Å². The van der Waals surface area contributed by atoms with Crippen LogP contribution in [0.5, 0.6) is 5.75 Å². The minimum Gasteiger partial charge on any atom is -0.489 e. The zero-order valence-corrected chi connectivity index (χ0v) is 18.2. The summed E-state index contributed by atoms with van der Waals surface area (Å²) < 4.78 is 5.59.